The number of hydrogen-bond donors (Lipinski definition) is 2. The lowest BCUT2D eigenvalue weighted by molar-refractivity contribution is -0.134. The molecule has 10 heteroatoms. The van der Waals surface area contributed by atoms with Crippen molar-refractivity contribution in [3.05, 3.63) is 0 Å². The number of nitrogens with two attached hydrogens (primary N) is 2. The first-order valence-electron chi connectivity index (χ1n) is 13.3. The van der Waals surface area contributed by atoms with Crippen LogP contribution < -0.4 is 11.5 Å². The van der Waals surface area contributed by atoms with Crippen molar-refractivity contribution >= 4 is 33.4 Å². The van der Waals surface area contributed by atoms with Crippen LogP contribution in [0.15, 0.2) is 0 Å². The summed E-state index contributed by atoms with van der Waals surface area (Å²) in [5.74, 6) is 1.21. The summed E-state index contributed by atoms with van der Waals surface area (Å²) < 4.78 is 0. The maximum absolute atomic E-state index is 12.8. The van der Waals surface area contributed by atoms with Gasteiger partial charge in [-0.3, -0.25) is 19.4 Å². The lowest BCUT2D eigenvalue weighted by Gasteiger charge is -2.39. The molecule has 34 heavy (non-hydrogen) atoms. The Morgan fingerprint density at radius 3 is 1.26 bits per heavy atom. The predicted octanol–water partition coefficient (Wildman–Crippen LogP) is 1.20. The quantitative estimate of drug-likeness (QED) is 0.351. The van der Waals surface area contributed by atoms with Gasteiger partial charge in [0.25, 0.3) is 0 Å². The molecule has 2 amide bonds. The predicted molar refractivity (Wildman–Crippen MR) is 142 cm³/mol. The summed E-state index contributed by atoms with van der Waals surface area (Å²) in [6.07, 6.45) is 10.6. The van der Waals surface area contributed by atoms with E-state index in [2.05, 4.69) is 9.80 Å². The van der Waals surface area contributed by atoms with Gasteiger partial charge in [-0.2, -0.15) is 0 Å². The molecule has 4 fully saturated rings. The molecule has 194 valence electrons. The molecule has 2 heterocycles. The molecule has 4 aliphatic rings. The van der Waals surface area contributed by atoms with E-state index in [0.29, 0.717) is 11.5 Å². The molecule has 0 aromatic rings. The summed E-state index contributed by atoms with van der Waals surface area (Å²) in [4.78, 5) is 34.5. The van der Waals surface area contributed by atoms with Gasteiger partial charge in [-0.1, -0.05) is 47.3 Å². The molecule has 2 saturated carbocycles. The molecular formula is C24H44N6O2S2. The third-order valence-electron chi connectivity index (χ3n) is 8.15. The van der Waals surface area contributed by atoms with Crippen LogP contribution >= 0.6 is 21.6 Å². The number of carbonyl (C=O) groups excluding carboxylic acids is 2. The molecule has 2 unspecified atom stereocenters. The van der Waals surface area contributed by atoms with Crippen LogP contribution in [0.4, 0.5) is 0 Å². The minimum absolute atomic E-state index is 0.0553. The van der Waals surface area contributed by atoms with Gasteiger partial charge in [0.1, 0.15) is 0 Å². The molecule has 8 nitrogen and oxygen atoms in total. The van der Waals surface area contributed by atoms with E-state index in [4.69, 9.17) is 11.5 Å². The Morgan fingerprint density at radius 1 is 0.618 bits per heavy atom. The SMILES string of the molecule is NC(CSSCC(N)C(=O)N1CCN(C2CCCC2)CC1)C(=O)N1CCN(C2CCCC2)CC1. The topological polar surface area (TPSA) is 99.1 Å². The molecule has 2 aliphatic heterocycles. The third-order valence-corrected chi connectivity index (χ3v) is 10.6. The minimum atomic E-state index is -0.494. The normalized spacial score (nSPS) is 25.7. The summed E-state index contributed by atoms with van der Waals surface area (Å²) in [7, 11) is 3.12. The Morgan fingerprint density at radius 2 is 0.941 bits per heavy atom. The molecule has 0 radical (unpaired) electrons. The van der Waals surface area contributed by atoms with Crippen molar-refractivity contribution in [1.82, 2.24) is 19.6 Å². The second kappa shape index (κ2) is 13.1. The van der Waals surface area contributed by atoms with Crippen LogP contribution in [0.1, 0.15) is 51.4 Å². The van der Waals surface area contributed by atoms with Crippen molar-refractivity contribution in [3.8, 4) is 0 Å². The number of rotatable bonds is 9. The van der Waals surface area contributed by atoms with E-state index in [0.717, 1.165) is 64.4 Å². The zero-order valence-corrected chi connectivity index (χ0v) is 22.2. The number of nitrogens with zero attached hydrogens (tertiary/aromatic N) is 4. The second-order valence-corrected chi connectivity index (χ2v) is 12.9. The van der Waals surface area contributed by atoms with Gasteiger partial charge >= 0.3 is 0 Å². The van der Waals surface area contributed by atoms with Gasteiger partial charge in [0.2, 0.25) is 11.8 Å². The van der Waals surface area contributed by atoms with E-state index in [9.17, 15) is 9.59 Å². The molecule has 0 bridgehead atoms. The lowest BCUT2D eigenvalue weighted by Crippen LogP contribution is -2.55. The zero-order valence-electron chi connectivity index (χ0n) is 20.6. The largest absolute Gasteiger partial charge is 0.339 e. The molecular weight excluding hydrogens is 468 g/mol. The van der Waals surface area contributed by atoms with Crippen molar-refractivity contribution < 1.29 is 9.59 Å². The fourth-order valence-corrected chi connectivity index (χ4v) is 8.24. The van der Waals surface area contributed by atoms with Crippen LogP contribution in [0.3, 0.4) is 0 Å². The Bertz CT molecular complexity index is 602. The van der Waals surface area contributed by atoms with Crippen LogP contribution in [0.25, 0.3) is 0 Å². The highest BCUT2D eigenvalue weighted by atomic mass is 33.1. The summed E-state index contributed by atoms with van der Waals surface area (Å²) in [6.45, 7) is 7.02. The lowest BCUT2D eigenvalue weighted by atomic mass is 10.1. The van der Waals surface area contributed by atoms with Crippen LogP contribution in [0, 0.1) is 0 Å². The van der Waals surface area contributed by atoms with Gasteiger partial charge in [-0.05, 0) is 25.7 Å². The van der Waals surface area contributed by atoms with E-state index in [1.807, 2.05) is 9.80 Å². The van der Waals surface area contributed by atoms with Crippen LogP contribution in [0.5, 0.6) is 0 Å². The second-order valence-electron chi connectivity index (χ2n) is 10.4. The maximum Gasteiger partial charge on any atom is 0.240 e. The van der Waals surface area contributed by atoms with E-state index in [-0.39, 0.29) is 11.8 Å². The molecule has 2 saturated heterocycles. The molecule has 2 aliphatic carbocycles. The first kappa shape index (κ1) is 26.5. The first-order chi connectivity index (χ1) is 16.5. The van der Waals surface area contributed by atoms with Gasteiger partial charge in [-0.15, -0.1) is 0 Å². The minimum Gasteiger partial charge on any atom is -0.339 e. The van der Waals surface area contributed by atoms with Crippen LogP contribution in [-0.4, -0.2) is 119 Å². The van der Waals surface area contributed by atoms with Crippen LogP contribution in [0.2, 0.25) is 0 Å². The molecule has 4 rings (SSSR count). The van der Waals surface area contributed by atoms with Gasteiger partial charge in [0.15, 0.2) is 0 Å². The summed E-state index contributed by atoms with van der Waals surface area (Å²) in [6, 6.07) is 0.458. The monoisotopic (exact) mass is 512 g/mol. The van der Waals surface area contributed by atoms with E-state index in [1.165, 1.54) is 51.4 Å². The van der Waals surface area contributed by atoms with Crippen molar-refractivity contribution in [3.63, 3.8) is 0 Å². The highest BCUT2D eigenvalue weighted by Gasteiger charge is 2.31. The number of hydrogen-bond acceptors (Lipinski definition) is 8. The Balaban J connectivity index is 1.08. The average Bonchev–Trinajstić information content (AvgIpc) is 3.60. The average molecular weight is 513 g/mol. The smallest absolute Gasteiger partial charge is 0.240 e. The van der Waals surface area contributed by atoms with Gasteiger partial charge in [0.05, 0.1) is 12.1 Å². The summed E-state index contributed by atoms with van der Waals surface area (Å²) in [5, 5.41) is 0. The molecule has 0 aromatic heterocycles. The van der Waals surface area contributed by atoms with Crippen molar-refractivity contribution in [2.75, 3.05) is 63.9 Å². The highest BCUT2D eigenvalue weighted by Crippen LogP contribution is 2.27. The summed E-state index contributed by atoms with van der Waals surface area (Å²) in [5.41, 5.74) is 12.4. The molecule has 4 N–H and O–H groups in total. The van der Waals surface area contributed by atoms with Crippen LogP contribution in [-0.2, 0) is 9.59 Å². The maximum atomic E-state index is 12.8. The van der Waals surface area contributed by atoms with Gasteiger partial charge in [-0.25, -0.2) is 0 Å². The number of carbonyl (C=O) groups is 2. The molecule has 0 aromatic carbocycles. The van der Waals surface area contributed by atoms with Gasteiger partial charge in [0, 0.05) is 75.9 Å². The standard InChI is InChI=1S/C24H44N6O2S2/c25-21(23(31)29-13-9-27(10-14-29)19-5-1-2-6-19)17-33-34-18-22(26)24(32)30-15-11-28(12-16-30)20-7-3-4-8-20/h19-22H,1-18,25-26H2. The third kappa shape index (κ3) is 7.03. The van der Waals surface area contributed by atoms with E-state index in [1.54, 1.807) is 21.6 Å². The Kier molecular flexibility index (Phi) is 10.3. The zero-order chi connectivity index (χ0) is 23.9. The number of piperazine rings is 2. The van der Waals surface area contributed by atoms with Crippen molar-refractivity contribution in [2.24, 2.45) is 11.5 Å². The Hall–Kier alpha value is -0.520. The van der Waals surface area contributed by atoms with E-state index < -0.39 is 12.1 Å². The fourth-order valence-electron chi connectivity index (χ4n) is 6.01. The molecule has 0 spiro atoms. The summed E-state index contributed by atoms with van der Waals surface area (Å²) >= 11 is 0. The fraction of sp³-hybridized carbons (Fsp3) is 0.917. The highest BCUT2D eigenvalue weighted by molar-refractivity contribution is 8.76. The van der Waals surface area contributed by atoms with Crippen molar-refractivity contribution in [1.29, 1.82) is 0 Å². The number of amides is 2. The van der Waals surface area contributed by atoms with Crippen molar-refractivity contribution in [2.45, 2.75) is 75.5 Å². The Labute approximate surface area is 213 Å². The van der Waals surface area contributed by atoms with E-state index >= 15 is 0 Å². The van der Waals surface area contributed by atoms with Gasteiger partial charge < -0.3 is 21.3 Å². The first-order valence-corrected chi connectivity index (χ1v) is 15.8. The molecule has 2 atom stereocenters.